The van der Waals surface area contributed by atoms with E-state index in [1.54, 1.807) is 0 Å². The van der Waals surface area contributed by atoms with Gasteiger partial charge in [-0.1, -0.05) is 0 Å². The summed E-state index contributed by atoms with van der Waals surface area (Å²) in [6.45, 7) is 4.33. The molecule has 4 nitrogen and oxygen atoms in total. The van der Waals surface area contributed by atoms with Gasteiger partial charge in [0.1, 0.15) is 0 Å². The first-order chi connectivity index (χ1) is 7.29. The zero-order valence-electron chi connectivity index (χ0n) is 9.30. The minimum atomic E-state index is -0.483. The summed E-state index contributed by atoms with van der Waals surface area (Å²) in [6.07, 6.45) is 3.88. The summed E-state index contributed by atoms with van der Waals surface area (Å²) in [5.74, 6) is 0. The van der Waals surface area contributed by atoms with Crippen LogP contribution in [0, 0.1) is 0 Å². The van der Waals surface area contributed by atoms with Gasteiger partial charge in [0.05, 0.1) is 5.60 Å². The van der Waals surface area contributed by atoms with Crippen molar-refractivity contribution in [3.63, 3.8) is 0 Å². The SMILES string of the molecule is OC1(CNC2CCOCC2)CCNCC1. The van der Waals surface area contributed by atoms with E-state index in [0.717, 1.165) is 58.5 Å². The molecule has 0 aromatic heterocycles. The summed E-state index contributed by atoms with van der Waals surface area (Å²) in [5.41, 5.74) is -0.483. The largest absolute Gasteiger partial charge is 0.388 e. The smallest absolute Gasteiger partial charge is 0.0795 e. The second kappa shape index (κ2) is 5.25. The maximum atomic E-state index is 10.3. The highest BCUT2D eigenvalue weighted by Gasteiger charge is 2.29. The normalized spacial score (nSPS) is 27.8. The lowest BCUT2D eigenvalue weighted by Gasteiger charge is -2.35. The number of hydrogen-bond donors (Lipinski definition) is 3. The van der Waals surface area contributed by atoms with Gasteiger partial charge >= 0.3 is 0 Å². The molecule has 15 heavy (non-hydrogen) atoms. The maximum absolute atomic E-state index is 10.3. The van der Waals surface area contributed by atoms with E-state index >= 15 is 0 Å². The minimum Gasteiger partial charge on any atom is -0.388 e. The van der Waals surface area contributed by atoms with Crippen LogP contribution in [0.5, 0.6) is 0 Å². The lowest BCUT2D eigenvalue weighted by atomic mass is 9.92. The van der Waals surface area contributed by atoms with Crippen LogP contribution >= 0.6 is 0 Å². The van der Waals surface area contributed by atoms with E-state index in [1.807, 2.05) is 0 Å². The molecule has 0 atom stereocenters. The van der Waals surface area contributed by atoms with Gasteiger partial charge in [0.15, 0.2) is 0 Å². The Morgan fingerprint density at radius 1 is 1.27 bits per heavy atom. The molecule has 0 bridgehead atoms. The molecule has 88 valence electrons. The second-order valence-corrected chi connectivity index (χ2v) is 4.74. The molecule has 0 radical (unpaired) electrons. The van der Waals surface area contributed by atoms with E-state index in [1.165, 1.54) is 0 Å². The fourth-order valence-electron chi connectivity index (χ4n) is 2.30. The van der Waals surface area contributed by atoms with Crippen molar-refractivity contribution in [1.29, 1.82) is 0 Å². The summed E-state index contributed by atoms with van der Waals surface area (Å²) >= 11 is 0. The summed E-state index contributed by atoms with van der Waals surface area (Å²) in [4.78, 5) is 0. The summed E-state index contributed by atoms with van der Waals surface area (Å²) < 4.78 is 5.30. The molecule has 0 aromatic carbocycles. The monoisotopic (exact) mass is 214 g/mol. The average Bonchev–Trinajstić information content (AvgIpc) is 2.29. The van der Waals surface area contributed by atoms with E-state index in [0.29, 0.717) is 6.04 Å². The van der Waals surface area contributed by atoms with Crippen molar-refractivity contribution < 1.29 is 9.84 Å². The number of ether oxygens (including phenoxy) is 1. The molecule has 2 aliphatic rings. The van der Waals surface area contributed by atoms with Gasteiger partial charge in [-0.3, -0.25) is 0 Å². The molecular formula is C11H22N2O2. The average molecular weight is 214 g/mol. The third-order valence-electron chi connectivity index (χ3n) is 3.48. The number of nitrogens with one attached hydrogen (secondary N) is 2. The van der Waals surface area contributed by atoms with E-state index in [9.17, 15) is 5.11 Å². The van der Waals surface area contributed by atoms with Gasteiger partial charge in [-0.25, -0.2) is 0 Å². The van der Waals surface area contributed by atoms with Gasteiger partial charge in [0.25, 0.3) is 0 Å². The fourth-order valence-corrected chi connectivity index (χ4v) is 2.30. The summed E-state index contributed by atoms with van der Waals surface area (Å²) in [7, 11) is 0. The van der Waals surface area contributed by atoms with Crippen LogP contribution in [0.3, 0.4) is 0 Å². The first kappa shape index (κ1) is 11.3. The third kappa shape index (κ3) is 3.41. The number of aliphatic hydroxyl groups is 1. The standard InChI is InChI=1S/C11H22N2O2/c14-11(3-5-12-6-4-11)9-13-10-1-7-15-8-2-10/h10,12-14H,1-9H2. The quantitative estimate of drug-likeness (QED) is 0.612. The van der Waals surface area contributed by atoms with Crippen LogP contribution in [0.2, 0.25) is 0 Å². The molecular weight excluding hydrogens is 192 g/mol. The maximum Gasteiger partial charge on any atom is 0.0795 e. The predicted octanol–water partition coefficient (Wildman–Crippen LogP) is -0.131. The molecule has 3 N–H and O–H groups in total. The van der Waals surface area contributed by atoms with Crippen LogP contribution in [0.25, 0.3) is 0 Å². The topological polar surface area (TPSA) is 53.5 Å². The number of hydrogen-bond acceptors (Lipinski definition) is 4. The summed E-state index contributed by atoms with van der Waals surface area (Å²) in [5, 5.41) is 17.0. The molecule has 2 fully saturated rings. The van der Waals surface area contributed by atoms with Gasteiger partial charge in [0, 0.05) is 25.8 Å². The highest BCUT2D eigenvalue weighted by atomic mass is 16.5. The molecule has 2 heterocycles. The molecule has 0 amide bonds. The Hall–Kier alpha value is -0.160. The Morgan fingerprint density at radius 2 is 1.93 bits per heavy atom. The Balaban J connectivity index is 1.70. The lowest BCUT2D eigenvalue weighted by Crippen LogP contribution is -2.51. The Kier molecular flexibility index (Phi) is 3.97. The first-order valence-electron chi connectivity index (χ1n) is 6.03. The third-order valence-corrected chi connectivity index (χ3v) is 3.48. The molecule has 0 unspecified atom stereocenters. The van der Waals surface area contributed by atoms with Gasteiger partial charge < -0.3 is 20.5 Å². The van der Waals surface area contributed by atoms with Gasteiger partial charge in [-0.15, -0.1) is 0 Å². The van der Waals surface area contributed by atoms with Gasteiger partial charge in [-0.2, -0.15) is 0 Å². The van der Waals surface area contributed by atoms with Crippen molar-refractivity contribution in [2.45, 2.75) is 37.3 Å². The van der Waals surface area contributed by atoms with E-state index in [4.69, 9.17) is 4.74 Å². The molecule has 4 heteroatoms. The second-order valence-electron chi connectivity index (χ2n) is 4.74. The minimum absolute atomic E-state index is 0.483. The first-order valence-corrected chi connectivity index (χ1v) is 6.03. The highest BCUT2D eigenvalue weighted by molar-refractivity contribution is 4.87. The summed E-state index contributed by atoms with van der Waals surface area (Å²) in [6, 6.07) is 0.540. The van der Waals surface area contributed by atoms with E-state index in [2.05, 4.69) is 10.6 Å². The van der Waals surface area contributed by atoms with Crippen LogP contribution < -0.4 is 10.6 Å². The van der Waals surface area contributed by atoms with E-state index in [-0.39, 0.29) is 0 Å². The van der Waals surface area contributed by atoms with Crippen molar-refractivity contribution in [1.82, 2.24) is 10.6 Å². The van der Waals surface area contributed by atoms with Crippen LogP contribution in [-0.4, -0.2) is 49.6 Å². The fraction of sp³-hybridized carbons (Fsp3) is 1.00. The number of piperidine rings is 1. The zero-order chi connectivity index (χ0) is 10.6. The molecule has 0 aromatic rings. The van der Waals surface area contributed by atoms with Crippen LogP contribution in [0.4, 0.5) is 0 Å². The number of rotatable bonds is 3. The van der Waals surface area contributed by atoms with Gasteiger partial charge in [0.2, 0.25) is 0 Å². The van der Waals surface area contributed by atoms with Crippen LogP contribution in [0.15, 0.2) is 0 Å². The van der Waals surface area contributed by atoms with E-state index < -0.39 is 5.60 Å². The predicted molar refractivity (Wildman–Crippen MR) is 58.9 cm³/mol. The molecule has 2 aliphatic heterocycles. The lowest BCUT2D eigenvalue weighted by molar-refractivity contribution is 0.00259. The molecule has 0 spiro atoms. The Bertz CT molecular complexity index is 187. The zero-order valence-corrected chi connectivity index (χ0v) is 9.30. The van der Waals surface area contributed by atoms with Crippen molar-refractivity contribution in [3.8, 4) is 0 Å². The van der Waals surface area contributed by atoms with Crippen LogP contribution in [-0.2, 0) is 4.74 Å². The van der Waals surface area contributed by atoms with Crippen molar-refractivity contribution >= 4 is 0 Å². The van der Waals surface area contributed by atoms with Crippen molar-refractivity contribution in [2.24, 2.45) is 0 Å². The van der Waals surface area contributed by atoms with Gasteiger partial charge in [-0.05, 0) is 38.8 Å². The van der Waals surface area contributed by atoms with Crippen molar-refractivity contribution in [3.05, 3.63) is 0 Å². The Morgan fingerprint density at radius 3 is 2.60 bits per heavy atom. The highest BCUT2D eigenvalue weighted by Crippen LogP contribution is 2.17. The molecule has 2 rings (SSSR count). The molecule has 0 aliphatic carbocycles. The molecule has 0 saturated carbocycles. The molecule has 2 saturated heterocycles. The Labute approximate surface area is 91.4 Å². The van der Waals surface area contributed by atoms with Crippen LogP contribution in [0.1, 0.15) is 25.7 Å². The van der Waals surface area contributed by atoms with Crippen molar-refractivity contribution in [2.75, 3.05) is 32.8 Å².